The molecule has 0 unspecified atom stereocenters. The summed E-state index contributed by atoms with van der Waals surface area (Å²) in [5, 5.41) is 3.17. The molecule has 1 N–H and O–H groups in total. The number of aryl methyl sites for hydroxylation is 1. The number of aromatic nitrogens is 1. The number of carbonyl (C=O) groups is 2. The predicted molar refractivity (Wildman–Crippen MR) is 79.3 cm³/mol. The van der Waals surface area contributed by atoms with Gasteiger partial charge in [-0.15, -0.1) is 0 Å². The zero-order chi connectivity index (χ0) is 15.2. The topological polar surface area (TPSA) is 68.3 Å². The molecule has 5 nitrogen and oxygen atoms in total. The van der Waals surface area contributed by atoms with E-state index in [1.54, 1.807) is 36.4 Å². The number of hydrogen-bond acceptors (Lipinski definition) is 4. The van der Waals surface area contributed by atoms with Gasteiger partial charge in [-0.1, -0.05) is 11.6 Å². The summed E-state index contributed by atoms with van der Waals surface area (Å²) in [6, 6.07) is 9.92. The van der Waals surface area contributed by atoms with Crippen LogP contribution in [0, 0.1) is 6.92 Å². The van der Waals surface area contributed by atoms with Crippen molar-refractivity contribution in [2.75, 3.05) is 11.9 Å². The highest BCUT2D eigenvalue weighted by molar-refractivity contribution is 6.30. The Hall–Kier alpha value is -2.40. The molecule has 1 aromatic heterocycles. The normalized spacial score (nSPS) is 10.0. The molecule has 0 radical (unpaired) electrons. The Bertz CT molecular complexity index is 639. The van der Waals surface area contributed by atoms with E-state index >= 15 is 0 Å². The molecule has 0 aliphatic heterocycles. The van der Waals surface area contributed by atoms with Gasteiger partial charge in [0.2, 0.25) is 0 Å². The molecule has 0 bridgehead atoms. The first-order valence-electron chi connectivity index (χ1n) is 6.20. The number of carbonyl (C=O) groups excluding carboxylic acids is 2. The zero-order valence-corrected chi connectivity index (χ0v) is 12.1. The van der Waals surface area contributed by atoms with Crippen LogP contribution < -0.4 is 5.32 Å². The fourth-order valence-electron chi connectivity index (χ4n) is 1.53. The molecule has 108 valence electrons. The first kappa shape index (κ1) is 15.0. The van der Waals surface area contributed by atoms with E-state index in [2.05, 4.69) is 10.3 Å². The molecule has 0 saturated heterocycles. The molecule has 0 atom stereocenters. The Morgan fingerprint density at radius 3 is 2.52 bits per heavy atom. The first-order chi connectivity index (χ1) is 10.0. The number of anilines is 1. The minimum absolute atomic E-state index is 0.305. The van der Waals surface area contributed by atoms with E-state index in [4.69, 9.17) is 16.3 Å². The largest absolute Gasteiger partial charge is 0.452 e. The van der Waals surface area contributed by atoms with Crippen molar-refractivity contribution in [2.45, 2.75) is 6.92 Å². The number of pyridine rings is 1. The highest BCUT2D eigenvalue weighted by Gasteiger charge is 2.10. The number of nitrogens with one attached hydrogen (secondary N) is 1. The number of rotatable bonds is 4. The van der Waals surface area contributed by atoms with Gasteiger partial charge < -0.3 is 10.1 Å². The van der Waals surface area contributed by atoms with Crippen molar-refractivity contribution in [3.63, 3.8) is 0 Å². The van der Waals surface area contributed by atoms with Crippen LogP contribution in [0.3, 0.4) is 0 Å². The molecule has 1 aromatic carbocycles. The monoisotopic (exact) mass is 304 g/mol. The molecule has 0 aliphatic carbocycles. The summed E-state index contributed by atoms with van der Waals surface area (Å²) in [4.78, 5) is 27.3. The molecular formula is C15H13ClN2O3. The van der Waals surface area contributed by atoms with Crippen molar-refractivity contribution in [1.82, 2.24) is 4.98 Å². The minimum Gasteiger partial charge on any atom is -0.452 e. The fraction of sp³-hybridized carbons (Fsp3) is 0.133. The Kier molecular flexibility index (Phi) is 4.90. The fourth-order valence-corrected chi connectivity index (χ4v) is 1.66. The van der Waals surface area contributed by atoms with Crippen LogP contribution in [-0.2, 0) is 9.53 Å². The molecule has 1 heterocycles. The summed E-state index contributed by atoms with van der Waals surface area (Å²) in [7, 11) is 0. The van der Waals surface area contributed by atoms with E-state index in [1.165, 1.54) is 6.20 Å². The second kappa shape index (κ2) is 6.85. The summed E-state index contributed by atoms with van der Waals surface area (Å²) in [6.07, 6.45) is 1.41. The first-order valence-corrected chi connectivity index (χ1v) is 6.57. The maximum Gasteiger partial charge on any atom is 0.340 e. The molecule has 2 rings (SSSR count). The molecule has 21 heavy (non-hydrogen) atoms. The van der Waals surface area contributed by atoms with Crippen LogP contribution in [-0.4, -0.2) is 23.5 Å². The van der Waals surface area contributed by atoms with Gasteiger partial charge >= 0.3 is 5.97 Å². The maximum absolute atomic E-state index is 11.7. The molecular weight excluding hydrogens is 292 g/mol. The van der Waals surface area contributed by atoms with E-state index in [0.29, 0.717) is 16.3 Å². The van der Waals surface area contributed by atoms with Crippen LogP contribution in [0.4, 0.5) is 5.69 Å². The SMILES string of the molecule is Cc1ccc(C(=O)OCC(=O)Nc2ccc(Cl)cc2)cn1. The van der Waals surface area contributed by atoms with Crippen LogP contribution in [0.5, 0.6) is 0 Å². The van der Waals surface area contributed by atoms with E-state index in [9.17, 15) is 9.59 Å². The van der Waals surface area contributed by atoms with Crippen LogP contribution >= 0.6 is 11.6 Å². The Labute approximate surface area is 126 Å². The second-order valence-electron chi connectivity index (χ2n) is 4.32. The second-order valence-corrected chi connectivity index (χ2v) is 4.76. The van der Waals surface area contributed by atoms with Crippen LogP contribution in [0.25, 0.3) is 0 Å². The molecule has 0 aliphatic rings. The van der Waals surface area contributed by atoms with Gasteiger partial charge in [0.25, 0.3) is 5.91 Å². The molecule has 0 saturated carbocycles. The van der Waals surface area contributed by atoms with Gasteiger partial charge in [-0.3, -0.25) is 9.78 Å². The zero-order valence-electron chi connectivity index (χ0n) is 11.3. The van der Waals surface area contributed by atoms with Gasteiger partial charge in [0.05, 0.1) is 5.56 Å². The average molecular weight is 305 g/mol. The standard InChI is InChI=1S/C15H13ClN2O3/c1-10-2-3-11(8-17-10)15(20)21-9-14(19)18-13-6-4-12(16)5-7-13/h2-8H,9H2,1H3,(H,18,19). The maximum atomic E-state index is 11.7. The summed E-state index contributed by atoms with van der Waals surface area (Å²) >= 11 is 5.74. The van der Waals surface area contributed by atoms with Crippen molar-refractivity contribution >= 4 is 29.2 Å². The van der Waals surface area contributed by atoms with Gasteiger partial charge in [-0.2, -0.15) is 0 Å². The quantitative estimate of drug-likeness (QED) is 0.882. The summed E-state index contributed by atoms with van der Waals surface area (Å²) < 4.78 is 4.91. The third kappa shape index (κ3) is 4.57. The third-order valence-corrected chi connectivity index (χ3v) is 2.86. The lowest BCUT2D eigenvalue weighted by molar-refractivity contribution is -0.119. The van der Waals surface area contributed by atoms with Crippen molar-refractivity contribution in [2.24, 2.45) is 0 Å². The van der Waals surface area contributed by atoms with Gasteiger partial charge in [-0.25, -0.2) is 4.79 Å². The van der Waals surface area contributed by atoms with Gasteiger partial charge in [-0.05, 0) is 43.3 Å². The molecule has 0 spiro atoms. The number of benzene rings is 1. The number of hydrogen-bond donors (Lipinski definition) is 1. The van der Waals surface area contributed by atoms with Crippen LogP contribution in [0.1, 0.15) is 16.1 Å². The Morgan fingerprint density at radius 1 is 1.19 bits per heavy atom. The summed E-state index contributed by atoms with van der Waals surface area (Å²) in [5.41, 5.74) is 1.68. The van der Waals surface area contributed by atoms with E-state index < -0.39 is 11.9 Å². The smallest absolute Gasteiger partial charge is 0.340 e. The van der Waals surface area contributed by atoms with Crippen molar-refractivity contribution in [3.8, 4) is 0 Å². The van der Waals surface area contributed by atoms with Crippen molar-refractivity contribution in [1.29, 1.82) is 0 Å². The van der Waals surface area contributed by atoms with Crippen molar-refractivity contribution in [3.05, 3.63) is 58.9 Å². The molecule has 2 aromatic rings. The average Bonchev–Trinajstić information content (AvgIpc) is 2.48. The Balaban J connectivity index is 1.84. The summed E-state index contributed by atoms with van der Waals surface area (Å²) in [6.45, 7) is 1.45. The van der Waals surface area contributed by atoms with E-state index in [0.717, 1.165) is 5.69 Å². The highest BCUT2D eigenvalue weighted by Crippen LogP contribution is 2.13. The predicted octanol–water partition coefficient (Wildman–Crippen LogP) is 2.84. The van der Waals surface area contributed by atoms with Crippen LogP contribution in [0.15, 0.2) is 42.6 Å². The Morgan fingerprint density at radius 2 is 1.90 bits per heavy atom. The highest BCUT2D eigenvalue weighted by atomic mass is 35.5. The lowest BCUT2D eigenvalue weighted by Gasteiger charge is -2.06. The molecule has 1 amide bonds. The number of ether oxygens (including phenoxy) is 1. The summed E-state index contributed by atoms with van der Waals surface area (Å²) in [5.74, 6) is -1.01. The van der Waals surface area contributed by atoms with Gasteiger partial charge in [0.15, 0.2) is 6.61 Å². The minimum atomic E-state index is -0.589. The van der Waals surface area contributed by atoms with Gasteiger partial charge in [0.1, 0.15) is 0 Å². The third-order valence-electron chi connectivity index (χ3n) is 2.61. The number of nitrogens with zero attached hydrogens (tertiary/aromatic N) is 1. The van der Waals surface area contributed by atoms with Crippen molar-refractivity contribution < 1.29 is 14.3 Å². The molecule has 0 fully saturated rings. The van der Waals surface area contributed by atoms with Crippen LogP contribution in [0.2, 0.25) is 5.02 Å². The molecule has 6 heteroatoms. The lowest BCUT2D eigenvalue weighted by atomic mass is 10.2. The number of esters is 1. The lowest BCUT2D eigenvalue weighted by Crippen LogP contribution is -2.20. The number of amides is 1. The van der Waals surface area contributed by atoms with Gasteiger partial charge in [0, 0.05) is 22.6 Å². The van der Waals surface area contributed by atoms with E-state index in [1.807, 2.05) is 6.92 Å². The van der Waals surface area contributed by atoms with E-state index in [-0.39, 0.29) is 6.61 Å². The number of halogens is 1.